The molecular formula is C16H18N6O3. The standard InChI is InChI=1S/C16H18N6O3/c1-8-14(9(2)22(3)19-8)16(23)17-7-13-18-15(21-25-13)11-6-12(24-20-11)10-4-5-10/h6,10H,4-5,7H2,1-3H3,(H,17,23). The summed E-state index contributed by atoms with van der Waals surface area (Å²) in [4.78, 5) is 16.6. The van der Waals surface area contributed by atoms with E-state index in [1.54, 1.807) is 18.7 Å². The smallest absolute Gasteiger partial charge is 0.255 e. The summed E-state index contributed by atoms with van der Waals surface area (Å²) in [7, 11) is 1.80. The van der Waals surface area contributed by atoms with Gasteiger partial charge in [0, 0.05) is 24.7 Å². The summed E-state index contributed by atoms with van der Waals surface area (Å²) >= 11 is 0. The molecule has 9 heteroatoms. The van der Waals surface area contributed by atoms with Crippen molar-refractivity contribution < 1.29 is 13.8 Å². The molecule has 3 heterocycles. The lowest BCUT2D eigenvalue weighted by atomic mass is 10.2. The largest absolute Gasteiger partial charge is 0.360 e. The van der Waals surface area contributed by atoms with Gasteiger partial charge in [-0.25, -0.2) is 0 Å². The lowest BCUT2D eigenvalue weighted by molar-refractivity contribution is 0.0945. The van der Waals surface area contributed by atoms with Gasteiger partial charge in [-0.15, -0.1) is 0 Å². The van der Waals surface area contributed by atoms with E-state index in [0.29, 0.717) is 34.6 Å². The van der Waals surface area contributed by atoms with E-state index in [0.717, 1.165) is 24.3 Å². The fourth-order valence-corrected chi connectivity index (χ4v) is 2.73. The molecule has 9 nitrogen and oxygen atoms in total. The zero-order chi connectivity index (χ0) is 17.6. The highest BCUT2D eigenvalue weighted by Crippen LogP contribution is 2.40. The van der Waals surface area contributed by atoms with Crippen LogP contribution in [0.15, 0.2) is 15.1 Å². The van der Waals surface area contributed by atoms with Crippen LogP contribution in [-0.2, 0) is 13.6 Å². The topological polar surface area (TPSA) is 112 Å². The van der Waals surface area contributed by atoms with Crippen molar-refractivity contribution in [2.75, 3.05) is 0 Å². The summed E-state index contributed by atoms with van der Waals surface area (Å²) in [5.74, 6) is 1.77. The third-order valence-electron chi connectivity index (χ3n) is 4.34. The number of aromatic nitrogens is 5. The normalized spacial score (nSPS) is 14.0. The van der Waals surface area contributed by atoms with Crippen LogP contribution in [0.5, 0.6) is 0 Å². The molecule has 0 atom stereocenters. The second kappa shape index (κ2) is 5.83. The van der Waals surface area contributed by atoms with E-state index in [1.165, 1.54) is 0 Å². The molecule has 0 aromatic carbocycles. The van der Waals surface area contributed by atoms with E-state index >= 15 is 0 Å². The zero-order valence-electron chi connectivity index (χ0n) is 14.2. The molecule has 0 unspecified atom stereocenters. The maximum absolute atomic E-state index is 12.4. The Morgan fingerprint density at radius 1 is 1.32 bits per heavy atom. The number of hydrogen-bond donors (Lipinski definition) is 1. The van der Waals surface area contributed by atoms with Crippen LogP contribution in [0.4, 0.5) is 0 Å². The Bertz CT molecular complexity index is 934. The second-order valence-corrected chi connectivity index (χ2v) is 6.25. The van der Waals surface area contributed by atoms with Crippen LogP contribution < -0.4 is 5.32 Å². The molecule has 130 valence electrons. The van der Waals surface area contributed by atoms with Gasteiger partial charge >= 0.3 is 0 Å². The number of carbonyl (C=O) groups is 1. The summed E-state index contributed by atoms with van der Waals surface area (Å²) in [5.41, 5.74) is 2.59. The predicted molar refractivity (Wildman–Crippen MR) is 85.6 cm³/mol. The van der Waals surface area contributed by atoms with Crippen molar-refractivity contribution in [3.8, 4) is 11.5 Å². The Morgan fingerprint density at radius 2 is 2.12 bits per heavy atom. The van der Waals surface area contributed by atoms with Crippen LogP contribution in [0, 0.1) is 13.8 Å². The molecule has 1 aliphatic carbocycles. The Hall–Kier alpha value is -2.97. The Labute approximate surface area is 143 Å². The molecule has 3 aromatic rings. The Kier molecular flexibility index (Phi) is 3.63. The average Bonchev–Trinajstić information content (AvgIpc) is 3.03. The van der Waals surface area contributed by atoms with Gasteiger partial charge in [-0.3, -0.25) is 9.48 Å². The number of amides is 1. The molecule has 1 N–H and O–H groups in total. The minimum Gasteiger partial charge on any atom is -0.360 e. The summed E-state index contributed by atoms with van der Waals surface area (Å²) < 4.78 is 12.1. The molecule has 1 amide bonds. The van der Waals surface area contributed by atoms with E-state index in [2.05, 4.69) is 25.7 Å². The van der Waals surface area contributed by atoms with Gasteiger partial charge in [-0.2, -0.15) is 10.1 Å². The number of rotatable bonds is 5. The number of hydrogen-bond acceptors (Lipinski definition) is 7. The zero-order valence-corrected chi connectivity index (χ0v) is 14.2. The lowest BCUT2D eigenvalue weighted by Crippen LogP contribution is -2.24. The van der Waals surface area contributed by atoms with Crippen molar-refractivity contribution in [2.24, 2.45) is 7.05 Å². The van der Waals surface area contributed by atoms with Crippen molar-refractivity contribution in [1.29, 1.82) is 0 Å². The average molecular weight is 342 g/mol. The highest BCUT2D eigenvalue weighted by atomic mass is 16.5. The van der Waals surface area contributed by atoms with E-state index in [-0.39, 0.29) is 12.5 Å². The predicted octanol–water partition coefficient (Wildman–Crippen LogP) is 1.88. The van der Waals surface area contributed by atoms with Crippen LogP contribution in [0.3, 0.4) is 0 Å². The van der Waals surface area contributed by atoms with Gasteiger partial charge in [0.05, 0.1) is 17.8 Å². The van der Waals surface area contributed by atoms with Gasteiger partial charge in [-0.1, -0.05) is 10.3 Å². The van der Waals surface area contributed by atoms with E-state index < -0.39 is 0 Å². The first kappa shape index (κ1) is 15.6. The summed E-state index contributed by atoms with van der Waals surface area (Å²) in [5, 5.41) is 14.9. The highest BCUT2D eigenvalue weighted by molar-refractivity contribution is 5.96. The van der Waals surface area contributed by atoms with Crippen LogP contribution in [-0.4, -0.2) is 31.0 Å². The van der Waals surface area contributed by atoms with Crippen molar-refractivity contribution in [1.82, 2.24) is 30.4 Å². The van der Waals surface area contributed by atoms with Crippen LogP contribution in [0.25, 0.3) is 11.5 Å². The first-order chi connectivity index (χ1) is 12.0. The third-order valence-corrected chi connectivity index (χ3v) is 4.34. The maximum atomic E-state index is 12.4. The maximum Gasteiger partial charge on any atom is 0.255 e. The number of carbonyl (C=O) groups excluding carboxylic acids is 1. The quantitative estimate of drug-likeness (QED) is 0.753. The van der Waals surface area contributed by atoms with Crippen molar-refractivity contribution in [3.05, 3.63) is 34.7 Å². The van der Waals surface area contributed by atoms with Crippen LogP contribution in [0.1, 0.15) is 52.2 Å². The third kappa shape index (κ3) is 2.92. The number of nitrogens with one attached hydrogen (secondary N) is 1. The molecule has 1 aliphatic rings. The fourth-order valence-electron chi connectivity index (χ4n) is 2.73. The van der Waals surface area contributed by atoms with E-state index in [9.17, 15) is 4.79 Å². The van der Waals surface area contributed by atoms with Gasteiger partial charge in [0.15, 0.2) is 5.69 Å². The number of aryl methyl sites for hydroxylation is 2. The first-order valence-electron chi connectivity index (χ1n) is 8.11. The van der Waals surface area contributed by atoms with Gasteiger partial charge in [0.1, 0.15) is 5.76 Å². The van der Waals surface area contributed by atoms with Crippen LogP contribution >= 0.6 is 0 Å². The molecule has 1 saturated carbocycles. The fraction of sp³-hybridized carbons (Fsp3) is 0.438. The van der Waals surface area contributed by atoms with Crippen molar-refractivity contribution in [2.45, 2.75) is 39.2 Å². The monoisotopic (exact) mass is 342 g/mol. The summed E-state index contributed by atoms with van der Waals surface area (Å²) in [6.07, 6.45) is 2.26. The van der Waals surface area contributed by atoms with Crippen LogP contribution in [0.2, 0.25) is 0 Å². The minimum absolute atomic E-state index is 0.132. The molecule has 3 aromatic heterocycles. The SMILES string of the molecule is Cc1nn(C)c(C)c1C(=O)NCc1nc(-c2cc(C3CC3)on2)no1. The van der Waals surface area contributed by atoms with Crippen molar-refractivity contribution >= 4 is 5.91 Å². The molecule has 0 spiro atoms. The van der Waals surface area contributed by atoms with Gasteiger partial charge in [0.25, 0.3) is 5.91 Å². The first-order valence-corrected chi connectivity index (χ1v) is 8.11. The van der Waals surface area contributed by atoms with E-state index in [1.807, 2.05) is 13.0 Å². The molecule has 25 heavy (non-hydrogen) atoms. The molecular weight excluding hydrogens is 324 g/mol. The molecule has 0 saturated heterocycles. The molecule has 0 aliphatic heterocycles. The minimum atomic E-state index is -0.222. The van der Waals surface area contributed by atoms with E-state index in [4.69, 9.17) is 9.05 Å². The molecule has 1 fully saturated rings. The van der Waals surface area contributed by atoms with Gasteiger partial charge in [0.2, 0.25) is 11.7 Å². The Balaban J connectivity index is 1.43. The summed E-state index contributed by atoms with van der Waals surface area (Å²) in [6.45, 7) is 3.78. The van der Waals surface area contributed by atoms with Crippen molar-refractivity contribution in [3.63, 3.8) is 0 Å². The Morgan fingerprint density at radius 3 is 2.80 bits per heavy atom. The highest BCUT2D eigenvalue weighted by Gasteiger charge is 2.28. The second-order valence-electron chi connectivity index (χ2n) is 6.25. The van der Waals surface area contributed by atoms with Gasteiger partial charge < -0.3 is 14.4 Å². The molecule has 0 radical (unpaired) electrons. The lowest BCUT2D eigenvalue weighted by Gasteiger charge is -2.02. The number of nitrogens with zero attached hydrogens (tertiary/aromatic N) is 5. The summed E-state index contributed by atoms with van der Waals surface area (Å²) in [6, 6.07) is 1.84. The van der Waals surface area contributed by atoms with Gasteiger partial charge in [-0.05, 0) is 26.7 Å². The molecule has 0 bridgehead atoms. The molecule has 4 rings (SSSR count).